The summed E-state index contributed by atoms with van der Waals surface area (Å²) in [6, 6.07) is -0.793. The van der Waals surface area contributed by atoms with Crippen LogP contribution in [-0.4, -0.2) is 87.5 Å². The first-order valence-corrected chi connectivity index (χ1v) is 16.9. The number of unbranched alkanes of at least 4 members (excludes halogenated alkanes) is 16. The smallest absolute Gasteiger partial charge is 0.220 e. The van der Waals surface area contributed by atoms with Crippen LogP contribution >= 0.6 is 0 Å². The molecule has 0 aromatic rings. The van der Waals surface area contributed by atoms with Crippen LogP contribution in [0.2, 0.25) is 0 Å². The fourth-order valence-electron chi connectivity index (χ4n) is 5.32. The number of hydrogen-bond acceptors (Lipinski definition) is 8. The summed E-state index contributed by atoms with van der Waals surface area (Å²) in [6.07, 6.45) is 18.5. The van der Waals surface area contributed by atoms with Gasteiger partial charge < -0.3 is 40.3 Å². The molecule has 0 saturated carbocycles. The van der Waals surface area contributed by atoms with Crippen molar-refractivity contribution in [2.24, 2.45) is 0 Å². The van der Waals surface area contributed by atoms with Crippen molar-refractivity contribution >= 4 is 5.91 Å². The van der Waals surface area contributed by atoms with Crippen molar-refractivity contribution in [2.75, 3.05) is 13.2 Å². The van der Waals surface area contributed by atoms with Gasteiger partial charge >= 0.3 is 0 Å². The van der Waals surface area contributed by atoms with E-state index in [4.69, 9.17) is 9.47 Å². The zero-order chi connectivity index (χ0) is 31.0. The number of ether oxygens (including phenoxy) is 2. The molecule has 0 aliphatic carbocycles. The molecular formula is C33H63NO8. The van der Waals surface area contributed by atoms with Crippen LogP contribution in [0.1, 0.15) is 136 Å². The molecule has 0 aromatic carbocycles. The van der Waals surface area contributed by atoms with Crippen LogP contribution in [0, 0.1) is 0 Å². The summed E-state index contributed by atoms with van der Waals surface area (Å²) in [6.45, 7) is 3.39. The summed E-state index contributed by atoms with van der Waals surface area (Å²) in [5.74, 6) is -0.231. The molecule has 1 fully saturated rings. The van der Waals surface area contributed by atoms with Crippen molar-refractivity contribution in [2.45, 2.75) is 179 Å². The number of allylic oxidation sites excluding steroid dienone is 1. The van der Waals surface area contributed by atoms with Gasteiger partial charge in [0.25, 0.3) is 0 Å². The van der Waals surface area contributed by atoms with E-state index >= 15 is 0 Å². The largest absolute Gasteiger partial charge is 0.394 e. The molecule has 0 radical (unpaired) electrons. The number of rotatable bonds is 26. The van der Waals surface area contributed by atoms with Gasteiger partial charge in [-0.3, -0.25) is 4.79 Å². The molecule has 42 heavy (non-hydrogen) atoms. The molecule has 248 valence electrons. The Labute approximate surface area is 255 Å². The van der Waals surface area contributed by atoms with E-state index in [2.05, 4.69) is 12.2 Å². The van der Waals surface area contributed by atoms with Gasteiger partial charge in [0.15, 0.2) is 6.29 Å². The van der Waals surface area contributed by atoms with Gasteiger partial charge in [0.05, 0.1) is 25.4 Å². The molecular weight excluding hydrogens is 538 g/mol. The molecule has 1 rings (SSSR count). The van der Waals surface area contributed by atoms with Crippen molar-refractivity contribution < 1.29 is 39.8 Å². The number of amides is 1. The fraction of sp³-hybridized carbons (Fsp3) is 0.909. The van der Waals surface area contributed by atoms with E-state index in [1.165, 1.54) is 89.9 Å². The van der Waals surface area contributed by atoms with Crippen molar-refractivity contribution in [1.82, 2.24) is 5.32 Å². The second kappa shape index (κ2) is 25.3. The zero-order valence-corrected chi connectivity index (χ0v) is 26.5. The lowest BCUT2D eigenvalue weighted by molar-refractivity contribution is -0.302. The van der Waals surface area contributed by atoms with Crippen LogP contribution in [0.5, 0.6) is 0 Å². The Bertz CT molecular complexity index is 676. The van der Waals surface area contributed by atoms with E-state index in [1.807, 2.05) is 13.0 Å². The standard InChI is InChI=1S/C33H63NO8/c1-3-5-6-7-8-9-10-11-12-13-14-15-16-17-18-19-20-21-23-27(36)26(34-29(37)22-4-2)25-41-33-32(40)31(39)30(38)28(24-35)42-33/h21,23,26-28,30-33,35-36,38-40H,3-20,22,24-25H2,1-2H3,(H,34,37)/b23-21+. The second-order valence-electron chi connectivity index (χ2n) is 12.0. The van der Waals surface area contributed by atoms with Gasteiger partial charge in [-0.2, -0.15) is 0 Å². The predicted molar refractivity (Wildman–Crippen MR) is 166 cm³/mol. The van der Waals surface area contributed by atoms with E-state index in [1.54, 1.807) is 6.08 Å². The molecule has 1 aliphatic heterocycles. The maximum atomic E-state index is 12.2. The Hall–Kier alpha value is -1.07. The van der Waals surface area contributed by atoms with Crippen LogP contribution in [0.25, 0.3) is 0 Å². The third kappa shape index (κ3) is 17.3. The molecule has 0 aromatic heterocycles. The molecule has 0 spiro atoms. The topological polar surface area (TPSA) is 149 Å². The lowest BCUT2D eigenvalue weighted by Gasteiger charge is -2.40. The van der Waals surface area contributed by atoms with Crippen LogP contribution in [0.3, 0.4) is 0 Å². The molecule has 1 aliphatic rings. The molecule has 1 amide bonds. The summed E-state index contributed by atoms with van der Waals surface area (Å²) in [5.41, 5.74) is 0. The Morgan fingerprint density at radius 2 is 1.31 bits per heavy atom. The zero-order valence-electron chi connectivity index (χ0n) is 26.5. The molecule has 9 heteroatoms. The Morgan fingerprint density at radius 3 is 1.81 bits per heavy atom. The monoisotopic (exact) mass is 601 g/mol. The van der Waals surface area contributed by atoms with Gasteiger partial charge in [-0.1, -0.05) is 122 Å². The van der Waals surface area contributed by atoms with E-state index in [0.717, 1.165) is 19.3 Å². The van der Waals surface area contributed by atoms with Gasteiger partial charge in [0.2, 0.25) is 5.91 Å². The van der Waals surface area contributed by atoms with Crippen molar-refractivity contribution in [3.05, 3.63) is 12.2 Å². The Kier molecular flexibility index (Phi) is 23.4. The summed E-state index contributed by atoms with van der Waals surface area (Å²) < 4.78 is 11.0. The first-order chi connectivity index (χ1) is 20.3. The van der Waals surface area contributed by atoms with Gasteiger partial charge in [-0.05, 0) is 19.3 Å². The third-order valence-corrected chi connectivity index (χ3v) is 8.08. The van der Waals surface area contributed by atoms with Crippen LogP contribution in [-0.2, 0) is 14.3 Å². The highest BCUT2D eigenvalue weighted by Gasteiger charge is 2.44. The molecule has 7 atom stereocenters. The first-order valence-electron chi connectivity index (χ1n) is 16.9. The summed E-state index contributed by atoms with van der Waals surface area (Å²) in [5, 5.41) is 53.0. The molecule has 1 saturated heterocycles. The van der Waals surface area contributed by atoms with Gasteiger partial charge in [0, 0.05) is 6.42 Å². The average Bonchev–Trinajstić information content (AvgIpc) is 2.98. The van der Waals surface area contributed by atoms with Gasteiger partial charge in [-0.25, -0.2) is 0 Å². The van der Waals surface area contributed by atoms with E-state index in [9.17, 15) is 30.3 Å². The van der Waals surface area contributed by atoms with Gasteiger partial charge in [0.1, 0.15) is 24.4 Å². The minimum absolute atomic E-state index is 0.192. The van der Waals surface area contributed by atoms with Crippen molar-refractivity contribution in [3.8, 4) is 0 Å². The highest BCUT2D eigenvalue weighted by Crippen LogP contribution is 2.22. The number of carbonyl (C=O) groups excluding carboxylic acids is 1. The highest BCUT2D eigenvalue weighted by atomic mass is 16.7. The van der Waals surface area contributed by atoms with E-state index in [-0.39, 0.29) is 12.5 Å². The van der Waals surface area contributed by atoms with Crippen molar-refractivity contribution in [3.63, 3.8) is 0 Å². The second-order valence-corrected chi connectivity index (χ2v) is 12.0. The minimum Gasteiger partial charge on any atom is -0.394 e. The summed E-state index contributed by atoms with van der Waals surface area (Å²) >= 11 is 0. The number of carbonyl (C=O) groups is 1. The maximum Gasteiger partial charge on any atom is 0.220 e. The fourth-order valence-corrected chi connectivity index (χ4v) is 5.32. The first kappa shape index (κ1) is 39.0. The molecule has 7 unspecified atom stereocenters. The average molecular weight is 602 g/mol. The molecule has 1 heterocycles. The van der Waals surface area contributed by atoms with E-state index < -0.39 is 49.5 Å². The molecule has 6 N–H and O–H groups in total. The van der Waals surface area contributed by atoms with Gasteiger partial charge in [-0.15, -0.1) is 0 Å². The van der Waals surface area contributed by atoms with Crippen molar-refractivity contribution in [1.29, 1.82) is 0 Å². The number of aliphatic hydroxyl groups is 5. The highest BCUT2D eigenvalue weighted by molar-refractivity contribution is 5.76. The Balaban J connectivity index is 2.24. The lowest BCUT2D eigenvalue weighted by atomic mass is 9.99. The van der Waals surface area contributed by atoms with E-state index in [0.29, 0.717) is 12.8 Å². The normalized spacial score (nSPS) is 24.2. The molecule has 0 bridgehead atoms. The van der Waals surface area contributed by atoms with Crippen LogP contribution in [0.4, 0.5) is 0 Å². The predicted octanol–water partition coefficient (Wildman–Crippen LogP) is 4.66. The minimum atomic E-state index is -1.56. The SMILES string of the molecule is CCCCCCCCCCCCCCCCCC/C=C/C(O)C(COC1OC(CO)C(O)C(O)C1O)NC(=O)CCC. The summed E-state index contributed by atoms with van der Waals surface area (Å²) in [7, 11) is 0. The number of hydrogen-bond donors (Lipinski definition) is 6. The quantitative estimate of drug-likeness (QED) is 0.0620. The number of nitrogens with one attached hydrogen (secondary N) is 1. The van der Waals surface area contributed by atoms with Crippen LogP contribution in [0.15, 0.2) is 12.2 Å². The Morgan fingerprint density at radius 1 is 0.786 bits per heavy atom. The van der Waals surface area contributed by atoms with Crippen LogP contribution < -0.4 is 5.32 Å². The molecule has 9 nitrogen and oxygen atoms in total. The maximum absolute atomic E-state index is 12.2. The lowest BCUT2D eigenvalue weighted by Crippen LogP contribution is -2.60. The third-order valence-electron chi connectivity index (χ3n) is 8.08. The summed E-state index contributed by atoms with van der Waals surface area (Å²) in [4.78, 5) is 12.2. The number of aliphatic hydroxyl groups excluding tert-OH is 5.